The molecule has 3 aliphatic rings. The van der Waals surface area contributed by atoms with Crippen molar-refractivity contribution in [3.05, 3.63) is 63.8 Å². The third kappa shape index (κ3) is 3.38. The number of nitrogens with zero attached hydrogens (tertiary/aromatic N) is 3. The van der Waals surface area contributed by atoms with Crippen molar-refractivity contribution < 1.29 is 13.2 Å². The minimum absolute atomic E-state index is 0.0986. The van der Waals surface area contributed by atoms with Crippen molar-refractivity contribution in [2.24, 2.45) is 5.92 Å². The summed E-state index contributed by atoms with van der Waals surface area (Å²) in [6.45, 7) is 7.84. The number of alkyl halides is 2. The minimum Gasteiger partial charge on any atom is -0.363 e. The highest BCUT2D eigenvalue weighted by Gasteiger charge is 2.48. The summed E-state index contributed by atoms with van der Waals surface area (Å²) in [6, 6.07) is 3.55. The average molecular weight is 441 g/mol. The summed E-state index contributed by atoms with van der Waals surface area (Å²) < 4.78 is 41.1. The smallest absolute Gasteiger partial charge is 0.266 e. The first-order chi connectivity index (χ1) is 15.3. The number of hydrogen-bond donors (Lipinski definition) is 1. The van der Waals surface area contributed by atoms with E-state index in [-0.39, 0.29) is 11.1 Å². The molecule has 4 nitrogen and oxygen atoms in total. The summed E-state index contributed by atoms with van der Waals surface area (Å²) in [7, 11) is 0. The van der Waals surface area contributed by atoms with Gasteiger partial charge in [-0.1, -0.05) is 24.8 Å². The maximum Gasteiger partial charge on any atom is 0.266 e. The monoisotopic (exact) mass is 440 g/mol. The van der Waals surface area contributed by atoms with Gasteiger partial charge in [-0.15, -0.1) is 0 Å². The van der Waals surface area contributed by atoms with Gasteiger partial charge in [-0.3, -0.25) is 0 Å². The Balaban J connectivity index is 1.55. The molecular weight excluding hydrogens is 413 g/mol. The molecule has 32 heavy (non-hydrogen) atoms. The molecule has 0 spiro atoms. The predicted molar refractivity (Wildman–Crippen MR) is 119 cm³/mol. The highest BCUT2D eigenvalue weighted by atomic mass is 19.3. The van der Waals surface area contributed by atoms with Gasteiger partial charge in [0.05, 0.1) is 22.2 Å². The van der Waals surface area contributed by atoms with Crippen LogP contribution in [0.5, 0.6) is 0 Å². The lowest BCUT2D eigenvalue weighted by Gasteiger charge is -2.41. The molecule has 168 valence electrons. The first kappa shape index (κ1) is 21.0. The molecule has 0 saturated heterocycles. The van der Waals surface area contributed by atoms with Gasteiger partial charge in [-0.2, -0.15) is 0 Å². The SMILES string of the molecule is C=C1C=c2nc(C)nc(N[C@H](C)c3cccc(C(F)F)c3F)c2=CN1C12CCC(CC1)C2. The number of halogens is 3. The fourth-order valence-corrected chi connectivity index (χ4v) is 5.69. The van der Waals surface area contributed by atoms with Crippen LogP contribution in [0.3, 0.4) is 0 Å². The summed E-state index contributed by atoms with van der Waals surface area (Å²) in [5.74, 6) is 1.05. The molecule has 2 bridgehead atoms. The number of aryl methyl sites for hydroxylation is 1. The summed E-state index contributed by atoms with van der Waals surface area (Å²) in [4.78, 5) is 11.5. The summed E-state index contributed by atoms with van der Waals surface area (Å²) >= 11 is 0. The molecule has 0 unspecified atom stereocenters. The maximum atomic E-state index is 14.7. The van der Waals surface area contributed by atoms with Crippen LogP contribution >= 0.6 is 0 Å². The van der Waals surface area contributed by atoms with Crippen LogP contribution in [0, 0.1) is 18.7 Å². The van der Waals surface area contributed by atoms with E-state index in [1.54, 1.807) is 13.8 Å². The topological polar surface area (TPSA) is 41.1 Å². The van der Waals surface area contributed by atoms with Crippen LogP contribution in [0.15, 0.2) is 30.5 Å². The molecule has 1 atom stereocenters. The quantitative estimate of drug-likeness (QED) is 0.731. The third-order valence-electron chi connectivity index (χ3n) is 7.29. The van der Waals surface area contributed by atoms with Gasteiger partial charge >= 0.3 is 0 Å². The molecule has 0 radical (unpaired) electrons. The van der Waals surface area contributed by atoms with E-state index in [2.05, 4.69) is 33.0 Å². The van der Waals surface area contributed by atoms with Crippen molar-refractivity contribution in [3.63, 3.8) is 0 Å². The lowest BCUT2D eigenvalue weighted by Crippen LogP contribution is -2.47. The number of anilines is 1. The van der Waals surface area contributed by atoms with E-state index in [0.717, 1.165) is 41.1 Å². The largest absolute Gasteiger partial charge is 0.363 e. The van der Waals surface area contributed by atoms with Crippen LogP contribution in [0.25, 0.3) is 12.3 Å². The number of allylic oxidation sites excluding steroid dienone is 1. The van der Waals surface area contributed by atoms with Gasteiger partial charge in [0, 0.05) is 23.0 Å². The van der Waals surface area contributed by atoms with Crippen molar-refractivity contribution >= 4 is 18.1 Å². The summed E-state index contributed by atoms with van der Waals surface area (Å²) in [5, 5.41) is 4.84. The normalized spacial score (nSPS) is 24.9. The van der Waals surface area contributed by atoms with E-state index in [9.17, 15) is 13.2 Å². The number of nitrogens with one attached hydrogen (secondary N) is 1. The Morgan fingerprint density at radius 1 is 1.19 bits per heavy atom. The molecule has 2 fully saturated rings. The molecule has 1 N–H and O–H groups in total. The molecule has 1 aromatic heterocycles. The molecule has 2 heterocycles. The molecule has 1 aliphatic heterocycles. The first-order valence-corrected chi connectivity index (χ1v) is 11.2. The first-order valence-electron chi connectivity index (χ1n) is 11.2. The molecule has 7 heteroatoms. The second-order valence-corrected chi connectivity index (χ2v) is 9.34. The Kier molecular flexibility index (Phi) is 5.02. The van der Waals surface area contributed by atoms with E-state index in [0.29, 0.717) is 11.6 Å². The third-order valence-corrected chi connectivity index (χ3v) is 7.29. The summed E-state index contributed by atoms with van der Waals surface area (Å²) in [6.07, 6.45) is 7.15. The molecule has 0 amide bonds. The zero-order valence-corrected chi connectivity index (χ0v) is 18.3. The Bertz CT molecular complexity index is 1200. The molecule has 2 saturated carbocycles. The van der Waals surface area contributed by atoms with E-state index in [1.165, 1.54) is 31.4 Å². The molecule has 5 rings (SSSR count). The minimum atomic E-state index is -2.86. The van der Waals surface area contributed by atoms with Gasteiger partial charge in [-0.05, 0) is 57.9 Å². The van der Waals surface area contributed by atoms with E-state index < -0.39 is 23.8 Å². The van der Waals surface area contributed by atoms with Crippen molar-refractivity contribution in [3.8, 4) is 0 Å². The highest BCUT2D eigenvalue weighted by Crippen LogP contribution is 2.52. The summed E-state index contributed by atoms with van der Waals surface area (Å²) in [5.41, 5.74) is 0.617. The fraction of sp³-hybridized carbons (Fsp3) is 0.440. The standard InChI is InChI=1S/C25H27F3N4/c1-14-11-21-20(13-32(14)25-9-7-17(12-25)8-10-25)24(31-16(3)30-21)29-15(2)18-5-4-6-19(22(18)26)23(27)28/h4-6,11,13,15,17,23H,1,7-10,12H2,2-3H3,(H,29,30,31)/t15-,17?,25?/m1/s1. The molecular formula is C25H27F3N4. The van der Waals surface area contributed by atoms with Gasteiger partial charge in [0.15, 0.2) is 0 Å². The van der Waals surface area contributed by atoms with E-state index >= 15 is 0 Å². The van der Waals surface area contributed by atoms with Gasteiger partial charge in [0.1, 0.15) is 17.5 Å². The van der Waals surface area contributed by atoms with Crippen LogP contribution in [-0.4, -0.2) is 20.4 Å². The van der Waals surface area contributed by atoms with Gasteiger partial charge in [-0.25, -0.2) is 23.1 Å². The Morgan fingerprint density at radius 2 is 1.91 bits per heavy atom. The highest BCUT2D eigenvalue weighted by molar-refractivity contribution is 5.58. The number of benzene rings is 1. The predicted octanol–water partition coefficient (Wildman–Crippen LogP) is 4.72. The Morgan fingerprint density at radius 3 is 2.56 bits per heavy atom. The van der Waals surface area contributed by atoms with Crippen molar-refractivity contribution in [2.75, 3.05) is 5.32 Å². The number of aromatic nitrogens is 2. The zero-order valence-electron chi connectivity index (χ0n) is 18.3. The van der Waals surface area contributed by atoms with Crippen LogP contribution in [-0.2, 0) is 0 Å². The van der Waals surface area contributed by atoms with Crippen LogP contribution < -0.4 is 15.9 Å². The van der Waals surface area contributed by atoms with Gasteiger partial charge in [0.25, 0.3) is 6.43 Å². The van der Waals surface area contributed by atoms with Gasteiger partial charge in [0.2, 0.25) is 0 Å². The number of rotatable bonds is 5. The second-order valence-electron chi connectivity index (χ2n) is 9.34. The van der Waals surface area contributed by atoms with Crippen LogP contribution in [0.4, 0.5) is 19.0 Å². The number of fused-ring (bicyclic) bond motifs is 3. The van der Waals surface area contributed by atoms with Crippen molar-refractivity contribution in [1.29, 1.82) is 0 Å². The molecule has 2 aromatic rings. The zero-order chi connectivity index (χ0) is 22.6. The fourth-order valence-electron chi connectivity index (χ4n) is 5.69. The maximum absolute atomic E-state index is 14.7. The van der Waals surface area contributed by atoms with E-state index in [1.807, 2.05) is 6.08 Å². The van der Waals surface area contributed by atoms with Crippen LogP contribution in [0.1, 0.15) is 68.4 Å². The number of hydrogen-bond acceptors (Lipinski definition) is 4. The second kappa shape index (κ2) is 7.64. The van der Waals surface area contributed by atoms with Crippen LogP contribution in [0.2, 0.25) is 0 Å². The van der Waals surface area contributed by atoms with Crippen molar-refractivity contribution in [2.45, 2.75) is 64.0 Å². The molecule has 1 aromatic carbocycles. The lowest BCUT2D eigenvalue weighted by molar-refractivity contribution is 0.146. The van der Waals surface area contributed by atoms with Crippen molar-refractivity contribution in [1.82, 2.24) is 14.9 Å². The average Bonchev–Trinajstić information content (AvgIpc) is 3.35. The van der Waals surface area contributed by atoms with Gasteiger partial charge < -0.3 is 10.2 Å². The lowest BCUT2D eigenvalue weighted by atomic mass is 9.91. The Labute approximate surface area is 185 Å². The molecule has 2 aliphatic carbocycles. The van der Waals surface area contributed by atoms with E-state index in [4.69, 9.17) is 0 Å². The Hall–Kier alpha value is -2.83.